The van der Waals surface area contributed by atoms with Crippen molar-refractivity contribution in [3.8, 4) is 5.75 Å². The molecule has 0 radical (unpaired) electrons. The second kappa shape index (κ2) is 13.6. The van der Waals surface area contributed by atoms with E-state index in [1.807, 2.05) is 0 Å². The summed E-state index contributed by atoms with van der Waals surface area (Å²) in [4.78, 5) is 18.6. The number of hydrogen-bond acceptors (Lipinski definition) is 7. The van der Waals surface area contributed by atoms with Crippen LogP contribution in [-0.2, 0) is 20.1 Å². The Balaban J connectivity index is 1.38. The average Bonchev–Trinajstić information content (AvgIpc) is 2.96. The molecule has 2 aliphatic rings. The molecule has 0 amide bonds. The van der Waals surface area contributed by atoms with E-state index in [2.05, 4.69) is 94.1 Å². The molecule has 228 valence electrons. The maximum absolute atomic E-state index is 12.1. The molecular weight excluding hydrogens is 546 g/mol. The molecule has 0 bridgehead atoms. The maximum Gasteiger partial charge on any atom is 0.340 e. The Morgan fingerprint density at radius 3 is 2.55 bits per heavy atom. The predicted octanol–water partition coefficient (Wildman–Crippen LogP) is 7.42. The summed E-state index contributed by atoms with van der Waals surface area (Å²) in [6, 6.07) is 8.19. The number of anilines is 2. The Labute approximate surface area is 255 Å². The first-order valence-electron chi connectivity index (χ1n) is 14.9. The van der Waals surface area contributed by atoms with Crippen molar-refractivity contribution in [1.82, 2.24) is 4.98 Å². The summed E-state index contributed by atoms with van der Waals surface area (Å²) >= 11 is -0.110. The Morgan fingerprint density at radius 1 is 1.12 bits per heavy atom. The summed E-state index contributed by atoms with van der Waals surface area (Å²) in [5.41, 5.74) is 6.21. The van der Waals surface area contributed by atoms with E-state index in [4.69, 9.17) is 13.7 Å². The van der Waals surface area contributed by atoms with E-state index in [-0.39, 0.29) is 32.6 Å². The number of methoxy groups -OCH3 is 1. The van der Waals surface area contributed by atoms with Crippen molar-refractivity contribution in [3.05, 3.63) is 71.2 Å². The first-order valence-corrected chi connectivity index (χ1v) is 16.1. The number of carbonyl (C=O) groups excluding carboxylic acids is 1. The lowest BCUT2D eigenvalue weighted by molar-refractivity contribution is 0.0601. The van der Waals surface area contributed by atoms with Crippen LogP contribution in [0.3, 0.4) is 0 Å². The van der Waals surface area contributed by atoms with E-state index in [9.17, 15) is 4.79 Å². The molecule has 0 unspecified atom stereocenters. The first-order chi connectivity index (χ1) is 19.9. The molecule has 2 heterocycles. The number of benzene rings is 1. The zero-order valence-corrected chi connectivity index (χ0v) is 27.4. The van der Waals surface area contributed by atoms with Gasteiger partial charge in [0.2, 0.25) is 0 Å². The van der Waals surface area contributed by atoms with Crippen molar-refractivity contribution >= 4 is 28.5 Å². The number of ether oxygens (including phenoxy) is 2. The topological polar surface area (TPSA) is 72.9 Å². The van der Waals surface area contributed by atoms with Crippen LogP contribution in [-0.4, -0.2) is 54.4 Å². The first kappa shape index (κ1) is 32.0. The third kappa shape index (κ3) is 7.90. The fraction of sp³-hybridized carbons (Fsp3) is 0.529. The minimum Gasteiger partial charge on any atom is -0.493 e. The highest BCUT2D eigenvalue weighted by atomic mass is 32.2. The second-order valence-electron chi connectivity index (χ2n) is 13.0. The van der Waals surface area contributed by atoms with Crippen molar-refractivity contribution in [2.24, 2.45) is 0 Å². The minimum atomic E-state index is -0.373. The molecule has 0 saturated carbocycles. The number of carbonyl (C=O) groups is 1. The zero-order chi connectivity index (χ0) is 30.5. The van der Waals surface area contributed by atoms with Crippen molar-refractivity contribution in [3.63, 3.8) is 0 Å². The third-order valence-corrected chi connectivity index (χ3v) is 10.3. The Bertz CT molecular complexity index is 1290. The number of pyridine rings is 1. The molecule has 1 N–H and O–H groups in total. The van der Waals surface area contributed by atoms with Gasteiger partial charge in [-0.1, -0.05) is 17.7 Å². The van der Waals surface area contributed by atoms with Crippen molar-refractivity contribution < 1.29 is 18.5 Å². The lowest BCUT2D eigenvalue weighted by atomic mass is 9.92. The van der Waals surface area contributed by atoms with Gasteiger partial charge >= 0.3 is 5.97 Å². The van der Waals surface area contributed by atoms with Crippen LogP contribution in [0.15, 0.2) is 60.1 Å². The standard InChI is InChI=1S/C34H47N3O4S/c1-33(2,3)42(34(4,5)6)41-20-16-24-9-11-26(12-10-24)37(7)27-13-14-28-25(17-19-40-31(28)21-27)22-36-30-23-35-18-15-29(30)32(38)39-8/h9,11,13-15,18,21,23,25H,10,12,16-17,19-20,22H2,1-8H3/p+1/t25-/m0/s1. The van der Waals surface area contributed by atoms with Crippen LogP contribution >= 0.6 is 0 Å². The number of nitrogens with one attached hydrogen (secondary N) is 1. The lowest BCUT2D eigenvalue weighted by Crippen LogP contribution is -2.43. The van der Waals surface area contributed by atoms with Crippen molar-refractivity contribution in [1.29, 1.82) is 0 Å². The summed E-state index contributed by atoms with van der Waals surface area (Å²) < 4.78 is 17.8. The normalized spacial score (nSPS) is 17.1. The lowest BCUT2D eigenvalue weighted by Gasteiger charge is -2.30. The van der Waals surface area contributed by atoms with Crippen molar-refractivity contribution in [2.45, 2.75) is 82.6 Å². The van der Waals surface area contributed by atoms with Crippen LogP contribution in [0.25, 0.3) is 0 Å². The molecule has 0 spiro atoms. The van der Waals surface area contributed by atoms with Gasteiger partial charge in [-0.3, -0.25) is 4.98 Å². The molecule has 0 fully saturated rings. The predicted molar refractivity (Wildman–Crippen MR) is 175 cm³/mol. The highest BCUT2D eigenvalue weighted by Crippen LogP contribution is 2.38. The van der Waals surface area contributed by atoms with E-state index in [1.165, 1.54) is 23.9 Å². The maximum atomic E-state index is 12.1. The zero-order valence-electron chi connectivity index (χ0n) is 26.6. The second-order valence-corrected chi connectivity index (χ2v) is 16.2. The van der Waals surface area contributed by atoms with E-state index < -0.39 is 0 Å². The summed E-state index contributed by atoms with van der Waals surface area (Å²) in [5.74, 6) is 0.814. The molecule has 1 atom stereocenters. The molecule has 1 aromatic heterocycles. The molecule has 1 aromatic carbocycles. The van der Waals surface area contributed by atoms with Gasteiger partial charge < -0.3 is 19.7 Å². The van der Waals surface area contributed by atoms with Crippen LogP contribution in [0.5, 0.6) is 5.75 Å². The fourth-order valence-electron chi connectivity index (χ4n) is 5.78. The van der Waals surface area contributed by atoms with E-state index in [0.29, 0.717) is 24.4 Å². The van der Waals surface area contributed by atoms with Gasteiger partial charge in [-0.2, -0.15) is 4.18 Å². The summed E-state index contributed by atoms with van der Waals surface area (Å²) in [6.45, 7) is 15.8. The fourth-order valence-corrected chi connectivity index (χ4v) is 8.57. The molecule has 1 aliphatic carbocycles. The Morgan fingerprint density at radius 2 is 1.88 bits per heavy atom. The van der Waals surface area contributed by atoms with Gasteiger partial charge in [0, 0.05) is 43.2 Å². The summed E-state index contributed by atoms with van der Waals surface area (Å²) in [7, 11) is 3.52. The molecule has 0 saturated heterocycles. The third-order valence-electron chi connectivity index (χ3n) is 7.69. The Kier molecular flexibility index (Phi) is 10.3. The van der Waals surface area contributed by atoms with E-state index >= 15 is 0 Å². The molecule has 8 heteroatoms. The van der Waals surface area contributed by atoms with Crippen LogP contribution in [0.2, 0.25) is 0 Å². The minimum absolute atomic E-state index is 0.110. The molecule has 7 nitrogen and oxygen atoms in total. The number of hydrogen-bond donors (Lipinski definition) is 1. The van der Waals surface area contributed by atoms with Gasteiger partial charge in [-0.15, -0.1) is 0 Å². The average molecular weight is 595 g/mol. The molecule has 42 heavy (non-hydrogen) atoms. The van der Waals surface area contributed by atoms with Gasteiger partial charge in [0.25, 0.3) is 0 Å². The highest BCUT2D eigenvalue weighted by molar-refractivity contribution is 7.95. The SMILES string of the molecule is COC(=O)c1ccncc1NC[C@@H]1CCOc2cc(N(C)C3=CC=C(CCO[S+](C(C)(C)C)C(C)(C)C)CC3)ccc21. The van der Waals surface area contributed by atoms with Crippen LogP contribution in [0.1, 0.15) is 89.1 Å². The smallest absolute Gasteiger partial charge is 0.340 e. The molecule has 4 rings (SSSR count). The monoisotopic (exact) mass is 594 g/mol. The number of esters is 1. The van der Waals surface area contributed by atoms with Crippen LogP contribution in [0.4, 0.5) is 11.4 Å². The van der Waals surface area contributed by atoms with Crippen LogP contribution < -0.4 is 15.0 Å². The number of fused-ring (bicyclic) bond motifs is 1. The molecule has 2 aromatic rings. The summed E-state index contributed by atoms with van der Waals surface area (Å²) in [5, 5.41) is 3.41. The number of rotatable bonds is 10. The number of aromatic nitrogens is 1. The summed E-state index contributed by atoms with van der Waals surface area (Å²) in [6.07, 6.45) is 11.7. The van der Waals surface area contributed by atoms with Gasteiger partial charge in [0.05, 0.1) is 31.2 Å². The molecule has 1 aliphatic heterocycles. The van der Waals surface area contributed by atoms with Gasteiger partial charge in [0.15, 0.2) is 20.7 Å². The highest BCUT2D eigenvalue weighted by Gasteiger charge is 2.47. The number of nitrogens with zero attached hydrogens (tertiary/aromatic N) is 2. The number of allylic oxidation sites excluding steroid dienone is 3. The van der Waals surface area contributed by atoms with Gasteiger partial charge in [-0.05, 0) is 91.0 Å². The van der Waals surface area contributed by atoms with E-state index in [0.717, 1.165) is 43.7 Å². The van der Waals surface area contributed by atoms with Gasteiger partial charge in [0.1, 0.15) is 12.4 Å². The largest absolute Gasteiger partial charge is 0.493 e. The van der Waals surface area contributed by atoms with E-state index in [1.54, 1.807) is 18.5 Å². The molecular formula is C34H48N3O4S+. The quantitative estimate of drug-likeness (QED) is 0.227. The van der Waals surface area contributed by atoms with Crippen LogP contribution in [0, 0.1) is 0 Å². The van der Waals surface area contributed by atoms with Crippen molar-refractivity contribution in [2.75, 3.05) is 44.1 Å². The van der Waals surface area contributed by atoms with Gasteiger partial charge in [-0.25, -0.2) is 4.79 Å². The Hall–Kier alpha value is -2.97.